The van der Waals surface area contributed by atoms with Crippen LogP contribution in [0.5, 0.6) is 0 Å². The second kappa shape index (κ2) is 5.15. The molecule has 0 saturated carbocycles. The van der Waals surface area contributed by atoms with Gasteiger partial charge < -0.3 is 4.42 Å². The smallest absolute Gasteiger partial charge is 0.196 e. The van der Waals surface area contributed by atoms with E-state index in [1.165, 1.54) is 5.56 Å². The Kier molecular flexibility index (Phi) is 3.54. The van der Waals surface area contributed by atoms with E-state index in [-0.39, 0.29) is 4.83 Å². The Bertz CT molecular complexity index is 643. The van der Waals surface area contributed by atoms with Crippen molar-refractivity contribution in [3.8, 4) is 0 Å². The van der Waals surface area contributed by atoms with Gasteiger partial charge in [0.05, 0.1) is 3.79 Å². The van der Waals surface area contributed by atoms with Gasteiger partial charge in [-0.15, -0.1) is 11.3 Å². The van der Waals surface area contributed by atoms with Crippen LogP contribution < -0.4 is 0 Å². The molecule has 1 unspecified atom stereocenters. The van der Waals surface area contributed by atoms with Crippen molar-refractivity contribution in [3.05, 3.63) is 51.0 Å². The van der Waals surface area contributed by atoms with Gasteiger partial charge in [-0.3, -0.25) is 0 Å². The SMILES string of the molecule is Brc1cc(C(Br)Cc2nc3ccccc3o2)cs1. The summed E-state index contributed by atoms with van der Waals surface area (Å²) in [6.45, 7) is 0. The van der Waals surface area contributed by atoms with Crippen molar-refractivity contribution in [3.63, 3.8) is 0 Å². The molecule has 0 fully saturated rings. The summed E-state index contributed by atoms with van der Waals surface area (Å²) in [6, 6.07) is 9.95. The minimum Gasteiger partial charge on any atom is -0.441 e. The van der Waals surface area contributed by atoms with Crippen LogP contribution in [0.1, 0.15) is 16.3 Å². The number of oxazole rings is 1. The zero-order chi connectivity index (χ0) is 12.5. The topological polar surface area (TPSA) is 26.0 Å². The standard InChI is InChI=1S/C13H9Br2NOS/c14-9(8-5-12(15)18-7-8)6-13-16-10-3-1-2-4-11(10)17-13/h1-5,7,9H,6H2. The lowest BCUT2D eigenvalue weighted by Crippen LogP contribution is -1.93. The summed E-state index contributed by atoms with van der Waals surface area (Å²) in [5.41, 5.74) is 3.01. The van der Waals surface area contributed by atoms with E-state index in [2.05, 4.69) is 48.3 Å². The minimum atomic E-state index is 0.230. The molecule has 0 saturated heterocycles. The minimum absolute atomic E-state index is 0.230. The molecule has 0 radical (unpaired) electrons. The Morgan fingerprint density at radius 1 is 1.33 bits per heavy atom. The normalized spacial score (nSPS) is 13.0. The van der Waals surface area contributed by atoms with E-state index in [0.29, 0.717) is 0 Å². The zero-order valence-electron chi connectivity index (χ0n) is 9.27. The highest BCUT2D eigenvalue weighted by Crippen LogP contribution is 2.33. The number of fused-ring (bicyclic) bond motifs is 1. The molecule has 0 aliphatic heterocycles. The molecule has 2 nitrogen and oxygen atoms in total. The number of alkyl halides is 1. The average Bonchev–Trinajstić information content (AvgIpc) is 2.94. The third-order valence-corrected chi connectivity index (χ3v) is 5.02. The van der Waals surface area contributed by atoms with Crippen LogP contribution in [-0.4, -0.2) is 4.98 Å². The number of para-hydroxylation sites is 2. The van der Waals surface area contributed by atoms with Gasteiger partial charge in [-0.25, -0.2) is 4.98 Å². The Morgan fingerprint density at radius 2 is 2.17 bits per heavy atom. The molecule has 0 amide bonds. The largest absolute Gasteiger partial charge is 0.441 e. The first-order chi connectivity index (χ1) is 8.72. The van der Waals surface area contributed by atoms with E-state index in [0.717, 1.165) is 27.2 Å². The highest BCUT2D eigenvalue weighted by atomic mass is 79.9. The van der Waals surface area contributed by atoms with Gasteiger partial charge in [-0.1, -0.05) is 28.1 Å². The van der Waals surface area contributed by atoms with Crippen LogP contribution in [0, 0.1) is 0 Å². The summed E-state index contributed by atoms with van der Waals surface area (Å²) >= 11 is 8.84. The summed E-state index contributed by atoms with van der Waals surface area (Å²) in [5, 5.41) is 2.13. The van der Waals surface area contributed by atoms with Crippen molar-refractivity contribution in [2.45, 2.75) is 11.2 Å². The van der Waals surface area contributed by atoms with Gasteiger partial charge in [0.15, 0.2) is 11.5 Å². The highest BCUT2D eigenvalue weighted by molar-refractivity contribution is 9.11. The molecule has 2 aromatic heterocycles. The number of benzene rings is 1. The third kappa shape index (κ3) is 2.53. The quantitative estimate of drug-likeness (QED) is 0.568. The highest BCUT2D eigenvalue weighted by Gasteiger charge is 2.14. The van der Waals surface area contributed by atoms with Gasteiger partial charge >= 0.3 is 0 Å². The second-order valence-electron chi connectivity index (χ2n) is 3.93. The third-order valence-electron chi connectivity index (χ3n) is 2.64. The van der Waals surface area contributed by atoms with Crippen LogP contribution in [0.15, 0.2) is 43.9 Å². The predicted molar refractivity (Wildman–Crippen MR) is 81.4 cm³/mol. The molecular weight excluding hydrogens is 378 g/mol. The van der Waals surface area contributed by atoms with Gasteiger partial charge in [0.2, 0.25) is 0 Å². The fraction of sp³-hybridized carbons (Fsp3) is 0.154. The lowest BCUT2D eigenvalue weighted by molar-refractivity contribution is 0.527. The van der Waals surface area contributed by atoms with E-state index in [1.54, 1.807) is 11.3 Å². The fourth-order valence-electron chi connectivity index (χ4n) is 1.77. The van der Waals surface area contributed by atoms with E-state index < -0.39 is 0 Å². The van der Waals surface area contributed by atoms with Crippen molar-refractivity contribution in [2.24, 2.45) is 0 Å². The van der Waals surface area contributed by atoms with Crippen LogP contribution in [0.2, 0.25) is 0 Å². The van der Waals surface area contributed by atoms with Crippen molar-refractivity contribution < 1.29 is 4.42 Å². The van der Waals surface area contributed by atoms with Crippen LogP contribution in [0.4, 0.5) is 0 Å². The van der Waals surface area contributed by atoms with E-state index in [1.807, 2.05) is 24.3 Å². The Morgan fingerprint density at radius 3 is 2.89 bits per heavy atom. The van der Waals surface area contributed by atoms with Crippen LogP contribution >= 0.6 is 43.2 Å². The predicted octanol–water partition coefficient (Wildman–Crippen LogP) is 5.33. The van der Waals surface area contributed by atoms with Gasteiger partial charge in [-0.2, -0.15) is 0 Å². The molecular formula is C13H9Br2NOS. The molecule has 3 aromatic rings. The zero-order valence-corrected chi connectivity index (χ0v) is 13.3. The lowest BCUT2D eigenvalue weighted by atomic mass is 10.2. The summed E-state index contributed by atoms with van der Waals surface area (Å²) in [6.07, 6.45) is 0.748. The first-order valence-electron chi connectivity index (χ1n) is 5.45. The molecule has 0 spiro atoms. The molecule has 92 valence electrons. The summed E-state index contributed by atoms with van der Waals surface area (Å²) in [5.74, 6) is 0.764. The second-order valence-corrected chi connectivity index (χ2v) is 7.33. The van der Waals surface area contributed by atoms with Gasteiger partial charge in [-0.05, 0) is 45.1 Å². The lowest BCUT2D eigenvalue weighted by Gasteiger charge is -2.03. The molecule has 1 atom stereocenters. The van der Waals surface area contributed by atoms with Crippen LogP contribution in [-0.2, 0) is 6.42 Å². The molecule has 5 heteroatoms. The average molecular weight is 387 g/mol. The maximum absolute atomic E-state index is 5.72. The van der Waals surface area contributed by atoms with Gasteiger partial charge in [0.1, 0.15) is 5.52 Å². The van der Waals surface area contributed by atoms with Crippen molar-refractivity contribution in [2.75, 3.05) is 0 Å². The molecule has 0 aliphatic carbocycles. The molecule has 1 aromatic carbocycles. The van der Waals surface area contributed by atoms with Crippen molar-refractivity contribution in [1.82, 2.24) is 4.98 Å². The maximum Gasteiger partial charge on any atom is 0.196 e. The Balaban J connectivity index is 1.83. The fourth-order valence-corrected chi connectivity index (χ4v) is 3.71. The summed E-state index contributed by atoms with van der Waals surface area (Å²) in [7, 11) is 0. The molecule has 2 heterocycles. The monoisotopic (exact) mass is 385 g/mol. The van der Waals surface area contributed by atoms with Gasteiger partial charge in [0.25, 0.3) is 0 Å². The van der Waals surface area contributed by atoms with E-state index in [9.17, 15) is 0 Å². The van der Waals surface area contributed by atoms with Crippen LogP contribution in [0.25, 0.3) is 11.1 Å². The Hall–Kier alpha value is -0.650. The number of nitrogens with zero attached hydrogens (tertiary/aromatic N) is 1. The molecule has 0 bridgehead atoms. The van der Waals surface area contributed by atoms with Crippen LogP contribution in [0.3, 0.4) is 0 Å². The Labute approximate surface area is 125 Å². The molecule has 18 heavy (non-hydrogen) atoms. The van der Waals surface area contributed by atoms with E-state index in [4.69, 9.17) is 4.42 Å². The van der Waals surface area contributed by atoms with E-state index >= 15 is 0 Å². The van der Waals surface area contributed by atoms with Gasteiger partial charge in [0, 0.05) is 11.2 Å². The van der Waals surface area contributed by atoms with Crippen molar-refractivity contribution >= 4 is 54.3 Å². The number of hydrogen-bond acceptors (Lipinski definition) is 3. The summed E-state index contributed by atoms with van der Waals surface area (Å²) < 4.78 is 6.86. The molecule has 0 aliphatic rings. The summed E-state index contributed by atoms with van der Waals surface area (Å²) in [4.78, 5) is 4.71. The number of rotatable bonds is 3. The molecule has 3 rings (SSSR count). The van der Waals surface area contributed by atoms with Crippen molar-refractivity contribution in [1.29, 1.82) is 0 Å². The first kappa shape index (κ1) is 12.4. The number of aromatic nitrogens is 1. The first-order valence-corrected chi connectivity index (χ1v) is 8.03. The number of halogens is 2. The number of hydrogen-bond donors (Lipinski definition) is 0. The molecule has 0 N–H and O–H groups in total. The maximum atomic E-state index is 5.72. The number of thiophene rings is 1.